The van der Waals surface area contributed by atoms with Crippen LogP contribution in [-0.4, -0.2) is 53.8 Å². The van der Waals surface area contributed by atoms with Crippen molar-refractivity contribution < 1.29 is 9.59 Å². The molecule has 0 aliphatic carbocycles. The number of amides is 2. The molecule has 0 saturated carbocycles. The molecule has 0 radical (unpaired) electrons. The van der Waals surface area contributed by atoms with Gasteiger partial charge in [0.1, 0.15) is 0 Å². The lowest BCUT2D eigenvalue weighted by atomic mass is 9.95. The van der Waals surface area contributed by atoms with Gasteiger partial charge in [-0.05, 0) is 30.8 Å². The smallest absolute Gasteiger partial charge is 0.256 e. The first-order chi connectivity index (χ1) is 14.9. The number of pyridine rings is 1. The van der Waals surface area contributed by atoms with Crippen molar-refractivity contribution in [3.05, 3.63) is 69.9 Å². The fourth-order valence-corrected chi connectivity index (χ4v) is 4.18. The van der Waals surface area contributed by atoms with E-state index in [4.69, 9.17) is 16.6 Å². The molecule has 4 rings (SSSR count). The summed E-state index contributed by atoms with van der Waals surface area (Å²) in [6.07, 6.45) is 0.816. The second-order valence-electron chi connectivity index (χ2n) is 7.90. The predicted octanol–water partition coefficient (Wildman–Crippen LogP) is 4.22. The summed E-state index contributed by atoms with van der Waals surface area (Å²) < 4.78 is 0. The predicted molar refractivity (Wildman–Crippen MR) is 124 cm³/mol. The van der Waals surface area contributed by atoms with Gasteiger partial charge in [0, 0.05) is 55.9 Å². The highest BCUT2D eigenvalue weighted by molar-refractivity contribution is 6.34. The van der Waals surface area contributed by atoms with Crippen LogP contribution < -0.4 is 5.32 Å². The third-order valence-corrected chi connectivity index (χ3v) is 5.99. The van der Waals surface area contributed by atoms with E-state index in [1.807, 2.05) is 24.3 Å². The van der Waals surface area contributed by atoms with Crippen LogP contribution in [0, 0.1) is 0 Å². The average Bonchev–Trinajstić information content (AvgIpc) is 2.77. The minimum Gasteiger partial charge on any atom is -0.345 e. The molecule has 0 fully saturated rings. The van der Waals surface area contributed by atoms with Gasteiger partial charge in [-0.25, -0.2) is 0 Å². The monoisotopic (exact) mass is 436 g/mol. The van der Waals surface area contributed by atoms with Crippen LogP contribution in [0.2, 0.25) is 5.02 Å². The Hall–Kier alpha value is -2.96. The topological polar surface area (TPSA) is 65.5 Å². The van der Waals surface area contributed by atoms with E-state index in [9.17, 15) is 9.59 Å². The first kappa shape index (κ1) is 21.3. The largest absolute Gasteiger partial charge is 0.345 e. The van der Waals surface area contributed by atoms with Crippen molar-refractivity contribution >= 4 is 40.0 Å². The summed E-state index contributed by atoms with van der Waals surface area (Å²) >= 11 is 6.22. The number of fused-ring (bicyclic) bond motifs is 2. The maximum atomic E-state index is 13.5. The van der Waals surface area contributed by atoms with E-state index in [-0.39, 0.29) is 11.8 Å². The number of carbonyl (C=O) groups is 2. The molecule has 2 amide bonds. The van der Waals surface area contributed by atoms with Gasteiger partial charge >= 0.3 is 0 Å². The molecule has 3 aromatic rings. The van der Waals surface area contributed by atoms with E-state index in [1.165, 1.54) is 4.90 Å². The Labute approximate surface area is 186 Å². The molecule has 1 N–H and O–H groups in total. The van der Waals surface area contributed by atoms with Crippen LogP contribution in [0.5, 0.6) is 0 Å². The summed E-state index contributed by atoms with van der Waals surface area (Å²) in [5, 5.41) is 4.16. The Morgan fingerprint density at radius 3 is 2.71 bits per heavy atom. The van der Waals surface area contributed by atoms with Gasteiger partial charge < -0.3 is 10.2 Å². The molecule has 0 saturated heterocycles. The van der Waals surface area contributed by atoms with Crippen LogP contribution in [0.25, 0.3) is 10.9 Å². The van der Waals surface area contributed by atoms with Crippen LogP contribution >= 0.6 is 11.6 Å². The molecule has 0 unspecified atom stereocenters. The molecule has 31 heavy (non-hydrogen) atoms. The third kappa shape index (κ3) is 4.13. The maximum absolute atomic E-state index is 13.5. The highest BCUT2D eigenvalue weighted by Crippen LogP contribution is 2.29. The fourth-order valence-electron chi connectivity index (χ4n) is 3.98. The minimum atomic E-state index is -0.216. The number of carbonyl (C=O) groups excluding carboxylic acids is 2. The van der Waals surface area contributed by atoms with Crippen molar-refractivity contribution in [3.8, 4) is 0 Å². The van der Waals surface area contributed by atoms with E-state index in [0.29, 0.717) is 28.4 Å². The Kier molecular flexibility index (Phi) is 5.94. The summed E-state index contributed by atoms with van der Waals surface area (Å²) in [7, 11) is 3.33. The number of hydrogen-bond donors (Lipinski definition) is 1. The number of benzene rings is 2. The van der Waals surface area contributed by atoms with Gasteiger partial charge in [0.25, 0.3) is 11.8 Å². The Morgan fingerprint density at radius 2 is 1.97 bits per heavy atom. The summed E-state index contributed by atoms with van der Waals surface area (Å²) in [5.74, 6) is -0.426. The molecule has 1 aromatic heterocycles. The zero-order chi connectivity index (χ0) is 22.1. The average molecular weight is 437 g/mol. The first-order valence-electron chi connectivity index (χ1n) is 10.3. The molecule has 2 aromatic carbocycles. The van der Waals surface area contributed by atoms with Gasteiger partial charge in [0.15, 0.2) is 0 Å². The van der Waals surface area contributed by atoms with Crippen LogP contribution in [0.4, 0.5) is 5.69 Å². The van der Waals surface area contributed by atoms with E-state index in [2.05, 4.69) is 17.1 Å². The van der Waals surface area contributed by atoms with Crippen molar-refractivity contribution in [2.45, 2.75) is 19.9 Å². The second-order valence-corrected chi connectivity index (χ2v) is 8.30. The van der Waals surface area contributed by atoms with Crippen LogP contribution in [0.15, 0.2) is 42.5 Å². The molecule has 2 heterocycles. The lowest BCUT2D eigenvalue weighted by Crippen LogP contribution is -2.33. The molecule has 7 heteroatoms. The number of hydrogen-bond acceptors (Lipinski definition) is 4. The van der Waals surface area contributed by atoms with Gasteiger partial charge in [-0.15, -0.1) is 0 Å². The van der Waals surface area contributed by atoms with Crippen molar-refractivity contribution in [3.63, 3.8) is 0 Å². The molecule has 6 nitrogen and oxygen atoms in total. The summed E-state index contributed by atoms with van der Waals surface area (Å²) in [5.41, 5.74) is 4.29. The molecule has 0 spiro atoms. The lowest BCUT2D eigenvalue weighted by Gasteiger charge is -2.29. The number of aromatic nitrogens is 1. The standard InChI is InChI=1S/C24H25ClN4O2/c1-4-29-12-11-21-18(14-29)22(16-7-5-6-8-20(16)27-21)23(30)26-15-9-10-19(25)17(13-15)24(31)28(2)3/h5-10,13H,4,11-12,14H2,1-3H3,(H,26,30). The zero-order valence-corrected chi connectivity index (χ0v) is 18.7. The van der Waals surface area contributed by atoms with Crippen molar-refractivity contribution in [2.75, 3.05) is 32.5 Å². The number of para-hydroxylation sites is 1. The van der Waals surface area contributed by atoms with Crippen LogP contribution in [0.1, 0.15) is 38.9 Å². The van der Waals surface area contributed by atoms with E-state index in [0.717, 1.165) is 41.7 Å². The number of rotatable bonds is 4. The number of anilines is 1. The Bertz CT molecular complexity index is 1180. The molecule has 0 atom stereocenters. The second kappa shape index (κ2) is 8.65. The molecular weight excluding hydrogens is 412 g/mol. The van der Waals surface area contributed by atoms with Gasteiger partial charge in [0.05, 0.1) is 21.7 Å². The van der Waals surface area contributed by atoms with E-state index < -0.39 is 0 Å². The van der Waals surface area contributed by atoms with Crippen LogP contribution in [0.3, 0.4) is 0 Å². The van der Waals surface area contributed by atoms with Gasteiger partial charge in [-0.2, -0.15) is 0 Å². The molecule has 160 valence electrons. The van der Waals surface area contributed by atoms with Gasteiger partial charge in [-0.3, -0.25) is 19.5 Å². The number of nitrogens with one attached hydrogen (secondary N) is 1. The van der Waals surface area contributed by atoms with E-state index >= 15 is 0 Å². The Balaban J connectivity index is 1.76. The summed E-state index contributed by atoms with van der Waals surface area (Å²) in [6.45, 7) is 4.66. The SMILES string of the molecule is CCN1CCc2nc3ccccc3c(C(=O)Nc3ccc(Cl)c(C(=O)N(C)C)c3)c2C1. The van der Waals surface area contributed by atoms with Gasteiger partial charge in [-0.1, -0.05) is 36.7 Å². The normalized spacial score (nSPS) is 13.7. The number of halogens is 1. The van der Waals surface area contributed by atoms with Crippen molar-refractivity contribution in [2.24, 2.45) is 0 Å². The summed E-state index contributed by atoms with van der Waals surface area (Å²) in [6, 6.07) is 12.7. The lowest BCUT2D eigenvalue weighted by molar-refractivity contribution is 0.0827. The highest BCUT2D eigenvalue weighted by Gasteiger charge is 2.25. The van der Waals surface area contributed by atoms with E-state index in [1.54, 1.807) is 32.3 Å². The Morgan fingerprint density at radius 1 is 1.19 bits per heavy atom. The first-order valence-corrected chi connectivity index (χ1v) is 10.7. The molecule has 1 aliphatic rings. The quantitative estimate of drug-likeness (QED) is 0.665. The number of nitrogens with zero attached hydrogens (tertiary/aromatic N) is 3. The van der Waals surface area contributed by atoms with Crippen LogP contribution in [-0.2, 0) is 13.0 Å². The van der Waals surface area contributed by atoms with Crippen molar-refractivity contribution in [1.82, 2.24) is 14.8 Å². The summed E-state index contributed by atoms with van der Waals surface area (Å²) in [4.78, 5) is 34.5. The van der Waals surface area contributed by atoms with Crippen molar-refractivity contribution in [1.29, 1.82) is 0 Å². The zero-order valence-electron chi connectivity index (χ0n) is 17.9. The van der Waals surface area contributed by atoms with Gasteiger partial charge in [0.2, 0.25) is 0 Å². The minimum absolute atomic E-state index is 0.210. The highest BCUT2D eigenvalue weighted by atomic mass is 35.5. The third-order valence-electron chi connectivity index (χ3n) is 5.66. The number of likely N-dealkylation sites (N-methyl/N-ethyl adjacent to an activating group) is 1. The molecule has 1 aliphatic heterocycles. The molecular formula is C24H25ClN4O2. The maximum Gasteiger partial charge on any atom is 0.256 e. The molecule has 0 bridgehead atoms. The fraction of sp³-hybridized carbons (Fsp3) is 0.292.